The van der Waals surface area contributed by atoms with Crippen molar-refractivity contribution in [3.63, 3.8) is 0 Å². The normalized spacial score (nSPS) is 34.8. The summed E-state index contributed by atoms with van der Waals surface area (Å²) in [6, 6.07) is 0. The van der Waals surface area contributed by atoms with Crippen LogP contribution in [0.4, 0.5) is 0 Å². The fraction of sp³-hybridized carbons (Fsp3) is 0.857. The number of carbonyl (C=O) groups excluding carboxylic acids is 1. The molecule has 0 radical (unpaired) electrons. The van der Waals surface area contributed by atoms with Crippen molar-refractivity contribution in [2.75, 3.05) is 13.2 Å². The van der Waals surface area contributed by atoms with Crippen LogP contribution in [0.1, 0.15) is 13.3 Å². The molecule has 0 unspecified atom stereocenters. The molecule has 1 rings (SSSR count). The van der Waals surface area contributed by atoms with Crippen LogP contribution < -0.4 is 0 Å². The molecule has 2 atom stereocenters. The first-order valence-corrected chi connectivity index (χ1v) is 3.36. The van der Waals surface area contributed by atoms with Crippen molar-refractivity contribution < 1.29 is 9.53 Å². The first-order chi connectivity index (χ1) is 4.34. The zero-order chi connectivity index (χ0) is 6.69. The lowest BCUT2D eigenvalue weighted by Crippen LogP contribution is -2.08. The summed E-state index contributed by atoms with van der Waals surface area (Å²) in [5, 5.41) is 0. The molecular weight excluding hydrogens is 116 g/mol. The molecule has 1 aliphatic rings. The molecular formula is C7H12O2. The van der Waals surface area contributed by atoms with E-state index in [0.717, 1.165) is 19.5 Å². The lowest BCUT2D eigenvalue weighted by Gasteiger charge is -2.06. The average Bonchev–Trinajstić information content (AvgIpc) is 2.18. The first-order valence-electron chi connectivity index (χ1n) is 3.36. The molecule has 1 heterocycles. The quantitative estimate of drug-likeness (QED) is 0.515. The Morgan fingerprint density at radius 2 is 2.44 bits per heavy atom. The molecule has 0 spiro atoms. The summed E-state index contributed by atoms with van der Waals surface area (Å²) in [7, 11) is 0. The standard InChI is InChI=1S/C7H12O2/c1-6-4-9-5-7(6)2-3-8/h3,6-7H,2,4-5H2,1H3/t6-,7+/m1/s1. The average molecular weight is 128 g/mol. The van der Waals surface area contributed by atoms with Crippen LogP contribution in [0.15, 0.2) is 0 Å². The van der Waals surface area contributed by atoms with Crippen molar-refractivity contribution in [2.45, 2.75) is 13.3 Å². The van der Waals surface area contributed by atoms with Crippen LogP contribution in [-0.4, -0.2) is 19.5 Å². The van der Waals surface area contributed by atoms with Crippen LogP contribution in [0.5, 0.6) is 0 Å². The smallest absolute Gasteiger partial charge is 0.120 e. The van der Waals surface area contributed by atoms with Gasteiger partial charge in [0.25, 0.3) is 0 Å². The fourth-order valence-electron chi connectivity index (χ4n) is 1.13. The van der Waals surface area contributed by atoms with E-state index >= 15 is 0 Å². The van der Waals surface area contributed by atoms with Gasteiger partial charge in [0.15, 0.2) is 0 Å². The van der Waals surface area contributed by atoms with Crippen molar-refractivity contribution in [1.29, 1.82) is 0 Å². The highest BCUT2D eigenvalue weighted by molar-refractivity contribution is 5.49. The molecule has 0 aromatic rings. The number of rotatable bonds is 2. The van der Waals surface area contributed by atoms with Crippen molar-refractivity contribution in [3.05, 3.63) is 0 Å². The first kappa shape index (κ1) is 6.75. The third-order valence-electron chi connectivity index (χ3n) is 1.92. The molecule has 0 N–H and O–H groups in total. The highest BCUT2D eigenvalue weighted by atomic mass is 16.5. The Bertz CT molecular complexity index is 101. The third kappa shape index (κ3) is 1.52. The fourth-order valence-corrected chi connectivity index (χ4v) is 1.13. The molecule has 2 heteroatoms. The number of hydrogen-bond donors (Lipinski definition) is 0. The van der Waals surface area contributed by atoms with Crippen LogP contribution in [-0.2, 0) is 9.53 Å². The molecule has 0 aromatic carbocycles. The van der Waals surface area contributed by atoms with Gasteiger partial charge in [-0.15, -0.1) is 0 Å². The number of ether oxygens (including phenoxy) is 1. The number of hydrogen-bond acceptors (Lipinski definition) is 2. The van der Waals surface area contributed by atoms with E-state index in [4.69, 9.17) is 4.74 Å². The van der Waals surface area contributed by atoms with Gasteiger partial charge in [0.05, 0.1) is 6.61 Å². The molecule has 1 aliphatic heterocycles. The van der Waals surface area contributed by atoms with Gasteiger partial charge < -0.3 is 9.53 Å². The highest BCUT2D eigenvalue weighted by Crippen LogP contribution is 2.21. The van der Waals surface area contributed by atoms with Gasteiger partial charge in [-0.25, -0.2) is 0 Å². The maximum Gasteiger partial charge on any atom is 0.120 e. The van der Waals surface area contributed by atoms with Crippen LogP contribution in [0, 0.1) is 11.8 Å². The zero-order valence-corrected chi connectivity index (χ0v) is 5.67. The molecule has 1 saturated heterocycles. The van der Waals surface area contributed by atoms with Gasteiger partial charge in [0, 0.05) is 13.0 Å². The van der Waals surface area contributed by atoms with E-state index in [1.165, 1.54) is 0 Å². The second-order valence-corrected chi connectivity index (χ2v) is 2.68. The molecule has 0 bridgehead atoms. The Labute approximate surface area is 55.2 Å². The molecule has 52 valence electrons. The van der Waals surface area contributed by atoms with Crippen LogP contribution in [0.25, 0.3) is 0 Å². The maximum absolute atomic E-state index is 10.1. The Morgan fingerprint density at radius 1 is 1.67 bits per heavy atom. The van der Waals surface area contributed by atoms with E-state index in [-0.39, 0.29) is 0 Å². The van der Waals surface area contributed by atoms with Gasteiger partial charge in [0.1, 0.15) is 6.29 Å². The molecule has 0 saturated carbocycles. The predicted octanol–water partition coefficient (Wildman–Crippen LogP) is 0.858. The van der Waals surface area contributed by atoms with Gasteiger partial charge in [0.2, 0.25) is 0 Å². The van der Waals surface area contributed by atoms with Crippen LogP contribution in [0.3, 0.4) is 0 Å². The summed E-state index contributed by atoms with van der Waals surface area (Å²) >= 11 is 0. The van der Waals surface area contributed by atoms with Crippen molar-refractivity contribution in [3.8, 4) is 0 Å². The van der Waals surface area contributed by atoms with Crippen LogP contribution in [0.2, 0.25) is 0 Å². The Kier molecular flexibility index (Phi) is 2.22. The minimum atomic E-state index is 0.488. The van der Waals surface area contributed by atoms with E-state index in [0.29, 0.717) is 18.3 Å². The summed E-state index contributed by atoms with van der Waals surface area (Å²) in [5.74, 6) is 1.07. The molecule has 9 heavy (non-hydrogen) atoms. The largest absolute Gasteiger partial charge is 0.381 e. The molecule has 0 aromatic heterocycles. The van der Waals surface area contributed by atoms with Gasteiger partial charge in [-0.1, -0.05) is 6.92 Å². The van der Waals surface area contributed by atoms with Crippen LogP contribution >= 0.6 is 0 Å². The SMILES string of the molecule is C[C@@H]1COC[C@@H]1CC=O. The van der Waals surface area contributed by atoms with Crippen molar-refractivity contribution in [2.24, 2.45) is 11.8 Å². The summed E-state index contributed by atoms with van der Waals surface area (Å²) in [6.07, 6.45) is 1.65. The summed E-state index contributed by atoms with van der Waals surface area (Å²) in [5.41, 5.74) is 0. The monoisotopic (exact) mass is 128 g/mol. The second-order valence-electron chi connectivity index (χ2n) is 2.68. The Hall–Kier alpha value is -0.370. The van der Waals surface area contributed by atoms with E-state index in [2.05, 4.69) is 6.92 Å². The van der Waals surface area contributed by atoms with Gasteiger partial charge in [-0.3, -0.25) is 0 Å². The van der Waals surface area contributed by atoms with E-state index in [1.54, 1.807) is 0 Å². The number of aldehydes is 1. The summed E-state index contributed by atoms with van der Waals surface area (Å²) in [6.45, 7) is 3.74. The predicted molar refractivity (Wildman–Crippen MR) is 34.2 cm³/mol. The second kappa shape index (κ2) is 2.97. The van der Waals surface area contributed by atoms with Gasteiger partial charge >= 0.3 is 0 Å². The minimum Gasteiger partial charge on any atom is -0.381 e. The lowest BCUT2D eigenvalue weighted by molar-refractivity contribution is -0.108. The summed E-state index contributed by atoms with van der Waals surface area (Å²) < 4.78 is 5.16. The van der Waals surface area contributed by atoms with Crippen molar-refractivity contribution in [1.82, 2.24) is 0 Å². The number of carbonyl (C=O) groups is 1. The van der Waals surface area contributed by atoms with E-state index < -0.39 is 0 Å². The lowest BCUT2D eigenvalue weighted by atomic mass is 9.96. The minimum absolute atomic E-state index is 0.488. The molecule has 1 fully saturated rings. The van der Waals surface area contributed by atoms with E-state index in [9.17, 15) is 4.79 Å². The molecule has 0 amide bonds. The van der Waals surface area contributed by atoms with Gasteiger partial charge in [-0.05, 0) is 11.8 Å². The highest BCUT2D eigenvalue weighted by Gasteiger charge is 2.22. The van der Waals surface area contributed by atoms with Gasteiger partial charge in [-0.2, -0.15) is 0 Å². The zero-order valence-electron chi connectivity index (χ0n) is 5.67. The Morgan fingerprint density at radius 3 is 2.89 bits per heavy atom. The maximum atomic E-state index is 10.1. The molecule has 2 nitrogen and oxygen atoms in total. The third-order valence-corrected chi connectivity index (χ3v) is 1.92. The van der Waals surface area contributed by atoms with E-state index in [1.807, 2.05) is 0 Å². The topological polar surface area (TPSA) is 26.3 Å². The molecule has 0 aliphatic carbocycles. The van der Waals surface area contributed by atoms with Crippen molar-refractivity contribution >= 4 is 6.29 Å². The Balaban J connectivity index is 2.30. The summed E-state index contributed by atoms with van der Waals surface area (Å²) in [4.78, 5) is 10.1.